The molecule has 0 aliphatic heterocycles. The van der Waals surface area contributed by atoms with Crippen molar-refractivity contribution in [2.45, 2.75) is 86.6 Å². The van der Waals surface area contributed by atoms with E-state index in [2.05, 4.69) is 10.3 Å². The van der Waals surface area contributed by atoms with E-state index in [1.165, 1.54) is 0 Å². The lowest BCUT2D eigenvalue weighted by atomic mass is 10.1. The topological polar surface area (TPSA) is 112 Å². The van der Waals surface area contributed by atoms with Gasteiger partial charge in [-0.25, -0.2) is 0 Å². The van der Waals surface area contributed by atoms with Crippen LogP contribution in [-0.2, 0) is 19.1 Å². The fraction of sp³-hybridized carbons (Fsp3) is 0.531. The minimum Gasteiger partial charge on any atom is -0.379 e. The van der Waals surface area contributed by atoms with Crippen LogP contribution in [0.2, 0.25) is 0 Å². The van der Waals surface area contributed by atoms with Gasteiger partial charge in [-0.05, 0) is 24.3 Å². The Kier molecular flexibility index (Phi) is 20.7. The van der Waals surface area contributed by atoms with Crippen molar-refractivity contribution in [2.75, 3.05) is 26.4 Å². The molecule has 0 radical (unpaired) electrons. The summed E-state index contributed by atoms with van der Waals surface area (Å²) in [4.78, 5) is 52.0. The molecule has 0 saturated heterocycles. The van der Waals surface area contributed by atoms with Crippen LogP contribution in [0.15, 0.2) is 42.6 Å². The maximum atomic E-state index is 12.8. The number of nitrogens with one attached hydrogen (secondary N) is 1. The highest BCUT2D eigenvalue weighted by molar-refractivity contribution is 5.96. The van der Waals surface area contributed by atoms with Crippen molar-refractivity contribution in [3.63, 3.8) is 0 Å². The van der Waals surface area contributed by atoms with E-state index in [4.69, 9.17) is 9.47 Å². The second-order valence-corrected chi connectivity index (χ2v) is 8.39. The maximum Gasteiger partial charge on any atom is 0.251 e. The number of ketones is 3. The van der Waals surface area contributed by atoms with Gasteiger partial charge in [-0.2, -0.15) is 0 Å². The minimum absolute atomic E-state index is 0.0394. The third-order valence-electron chi connectivity index (χ3n) is 5.66. The number of nitrogens with zero attached hydrogens (tertiary/aromatic N) is 1. The van der Waals surface area contributed by atoms with Crippen LogP contribution in [0, 0.1) is 0 Å². The van der Waals surface area contributed by atoms with Gasteiger partial charge in [0.15, 0.2) is 5.78 Å². The van der Waals surface area contributed by atoms with Crippen LogP contribution in [0.25, 0.3) is 11.3 Å². The summed E-state index contributed by atoms with van der Waals surface area (Å²) in [6, 6.07) is 10.1. The number of carbonyl (C=O) groups excluding carboxylic acids is 4. The molecule has 8 nitrogen and oxygen atoms in total. The Morgan fingerprint density at radius 1 is 0.725 bits per heavy atom. The minimum atomic E-state index is -0.434. The number of hydrogen-bond donors (Lipinski definition) is 1. The van der Waals surface area contributed by atoms with Crippen LogP contribution in [0.1, 0.15) is 101 Å². The number of rotatable bonds is 17. The Balaban J connectivity index is 0.00000363. The number of aromatic nitrogens is 1. The van der Waals surface area contributed by atoms with Crippen molar-refractivity contribution in [3.05, 3.63) is 53.7 Å². The number of benzene rings is 1. The summed E-state index contributed by atoms with van der Waals surface area (Å²) in [6.07, 6.45) is 3.57. The average molecular weight is 557 g/mol. The van der Waals surface area contributed by atoms with Crippen LogP contribution in [0.4, 0.5) is 0 Å². The normalized spacial score (nSPS) is 10.1. The second-order valence-electron chi connectivity index (χ2n) is 8.39. The first kappa shape index (κ1) is 36.8. The molecule has 1 heterocycles. The van der Waals surface area contributed by atoms with Crippen molar-refractivity contribution in [1.29, 1.82) is 0 Å². The lowest BCUT2D eigenvalue weighted by Crippen LogP contribution is -2.42. The van der Waals surface area contributed by atoms with Gasteiger partial charge in [0.1, 0.15) is 11.6 Å². The fourth-order valence-electron chi connectivity index (χ4n) is 3.30. The van der Waals surface area contributed by atoms with Gasteiger partial charge in [0.2, 0.25) is 0 Å². The molecule has 8 heteroatoms. The first-order chi connectivity index (χ1) is 19.4. The monoisotopic (exact) mass is 556 g/mol. The Morgan fingerprint density at radius 3 is 1.65 bits per heavy atom. The first-order valence-corrected chi connectivity index (χ1v) is 14.5. The highest BCUT2D eigenvalue weighted by Gasteiger charge is 2.16. The van der Waals surface area contributed by atoms with Crippen molar-refractivity contribution < 1.29 is 28.7 Å². The lowest BCUT2D eigenvalue weighted by Gasteiger charge is -2.19. The Hall–Kier alpha value is -3.23. The quantitative estimate of drug-likeness (QED) is 0.181. The predicted octanol–water partition coefficient (Wildman–Crippen LogP) is 6.26. The maximum absolute atomic E-state index is 12.8. The molecule has 0 atom stereocenters. The van der Waals surface area contributed by atoms with Crippen LogP contribution in [0.5, 0.6) is 0 Å². The highest BCUT2D eigenvalue weighted by atomic mass is 16.5. The van der Waals surface area contributed by atoms with Crippen LogP contribution in [0.3, 0.4) is 0 Å². The zero-order valence-corrected chi connectivity index (χ0v) is 25.4. The van der Waals surface area contributed by atoms with Crippen LogP contribution in [-0.4, -0.2) is 60.7 Å². The molecule has 1 aromatic carbocycles. The third-order valence-corrected chi connectivity index (χ3v) is 5.66. The summed E-state index contributed by atoms with van der Waals surface area (Å²) in [5, 5.41) is 2.91. The molecule has 1 aromatic heterocycles. The average Bonchev–Trinajstić information content (AvgIpc) is 3.02. The molecule has 0 fully saturated rings. The third kappa shape index (κ3) is 14.2. The van der Waals surface area contributed by atoms with E-state index in [0.717, 1.165) is 5.56 Å². The van der Waals surface area contributed by atoms with E-state index in [-0.39, 0.29) is 49.7 Å². The summed E-state index contributed by atoms with van der Waals surface area (Å²) in [6.45, 7) is 14.4. The van der Waals surface area contributed by atoms with Gasteiger partial charge >= 0.3 is 0 Å². The number of hydrogen-bond acceptors (Lipinski definition) is 7. The Bertz CT molecular complexity index is 979. The molecule has 0 saturated carbocycles. The number of ether oxygens (including phenoxy) is 2. The van der Waals surface area contributed by atoms with Gasteiger partial charge in [0, 0.05) is 55.0 Å². The summed E-state index contributed by atoms with van der Waals surface area (Å²) in [7, 11) is 0. The molecule has 1 N–H and O–H groups in total. The Labute approximate surface area is 240 Å². The fourth-order valence-corrected chi connectivity index (χ4v) is 3.30. The largest absolute Gasteiger partial charge is 0.379 e. The zero-order valence-electron chi connectivity index (χ0n) is 25.4. The van der Waals surface area contributed by atoms with Crippen molar-refractivity contribution >= 4 is 23.3 Å². The standard InChI is InChI=1S/C28H36N2O6.2C2H6/c1-4-24(31)13-15-35-18-23(19-36-16-14-25(32)5-2)30-28(34)21-9-7-20(8-10-21)26-12-11-22(17-29-26)27(33)6-3;2*1-2/h7-12,17,23H,4-6,13-16,18-19H2,1-3H3,(H,30,34);2*1-2H3. The zero-order chi connectivity index (χ0) is 30.3. The molecule has 0 spiro atoms. The van der Waals surface area contributed by atoms with Crippen molar-refractivity contribution in [2.24, 2.45) is 0 Å². The van der Waals surface area contributed by atoms with E-state index in [1.54, 1.807) is 56.4 Å². The van der Waals surface area contributed by atoms with Gasteiger partial charge in [-0.15, -0.1) is 0 Å². The first-order valence-electron chi connectivity index (χ1n) is 14.5. The summed E-state index contributed by atoms with van der Waals surface area (Å²) in [5.74, 6) is -0.0143. The highest BCUT2D eigenvalue weighted by Crippen LogP contribution is 2.18. The smallest absolute Gasteiger partial charge is 0.251 e. The van der Waals surface area contributed by atoms with E-state index < -0.39 is 6.04 Å². The van der Waals surface area contributed by atoms with Gasteiger partial charge in [0.25, 0.3) is 5.91 Å². The van der Waals surface area contributed by atoms with E-state index in [9.17, 15) is 19.2 Å². The molecular formula is C32H48N2O6. The van der Waals surface area contributed by atoms with E-state index >= 15 is 0 Å². The summed E-state index contributed by atoms with van der Waals surface area (Å²) in [5.41, 5.74) is 2.57. The van der Waals surface area contributed by atoms with Crippen LogP contribution >= 0.6 is 0 Å². The van der Waals surface area contributed by atoms with Crippen molar-refractivity contribution in [1.82, 2.24) is 10.3 Å². The molecule has 2 rings (SSSR count). The van der Waals surface area contributed by atoms with Crippen LogP contribution < -0.4 is 5.32 Å². The molecule has 0 aliphatic carbocycles. The molecule has 40 heavy (non-hydrogen) atoms. The lowest BCUT2D eigenvalue weighted by molar-refractivity contribution is -0.120. The molecule has 0 unspecified atom stereocenters. The number of pyridine rings is 1. The summed E-state index contributed by atoms with van der Waals surface area (Å²) >= 11 is 0. The second kappa shape index (κ2) is 22.6. The molecule has 1 amide bonds. The summed E-state index contributed by atoms with van der Waals surface area (Å²) < 4.78 is 11.2. The van der Waals surface area contributed by atoms with E-state index in [0.29, 0.717) is 48.9 Å². The Morgan fingerprint density at radius 2 is 1.23 bits per heavy atom. The van der Waals surface area contributed by atoms with E-state index in [1.807, 2.05) is 34.6 Å². The van der Waals surface area contributed by atoms with Gasteiger partial charge in [-0.3, -0.25) is 24.2 Å². The molecular weight excluding hydrogens is 508 g/mol. The number of Topliss-reactive ketones (excluding diaryl/α,β-unsaturated/α-hetero) is 3. The predicted molar refractivity (Wildman–Crippen MR) is 160 cm³/mol. The molecule has 222 valence electrons. The number of carbonyl (C=O) groups is 4. The SMILES string of the molecule is CC.CC.CCC(=O)CCOCC(COCCC(=O)CC)NC(=O)c1ccc(-c2ccc(C(=O)CC)cn2)cc1. The van der Waals surface area contributed by atoms with Gasteiger partial charge in [0.05, 0.1) is 38.2 Å². The molecule has 2 aromatic rings. The van der Waals surface area contributed by atoms with Gasteiger partial charge < -0.3 is 14.8 Å². The molecule has 0 aliphatic rings. The molecule has 0 bridgehead atoms. The van der Waals surface area contributed by atoms with Crippen molar-refractivity contribution in [3.8, 4) is 11.3 Å². The van der Waals surface area contributed by atoms with Gasteiger partial charge in [-0.1, -0.05) is 60.6 Å². The number of amides is 1.